The fourth-order valence-electron chi connectivity index (χ4n) is 4.41. The van der Waals surface area contributed by atoms with Crippen LogP contribution in [0.1, 0.15) is 49.6 Å². The monoisotopic (exact) mass is 539 g/mol. The van der Waals surface area contributed by atoms with Crippen LogP contribution in [0.5, 0.6) is 0 Å². The van der Waals surface area contributed by atoms with Crippen molar-refractivity contribution in [2.24, 2.45) is 5.73 Å². The fraction of sp³-hybridized carbons (Fsp3) is 0.609. The lowest BCUT2D eigenvalue weighted by Gasteiger charge is -2.30. The Labute approximate surface area is 217 Å². The van der Waals surface area contributed by atoms with Gasteiger partial charge in [0.2, 0.25) is 17.7 Å². The van der Waals surface area contributed by atoms with E-state index in [4.69, 9.17) is 15.7 Å². The Balaban J connectivity index is 0.000000405. The van der Waals surface area contributed by atoms with Gasteiger partial charge in [-0.05, 0) is 25.3 Å². The normalized spacial score (nSPS) is 15.5. The molecule has 3 aromatic rings. The molecule has 0 spiro atoms. The van der Waals surface area contributed by atoms with Crippen molar-refractivity contribution in [3.05, 3.63) is 22.6 Å². The van der Waals surface area contributed by atoms with Gasteiger partial charge in [-0.15, -0.1) is 21.5 Å². The maximum atomic E-state index is 13.2. The third kappa shape index (κ3) is 6.29. The van der Waals surface area contributed by atoms with Crippen LogP contribution in [0.2, 0.25) is 0 Å². The number of nitrogens with zero attached hydrogens (tertiary/aromatic N) is 7. The van der Waals surface area contributed by atoms with Gasteiger partial charge in [0.05, 0.1) is 11.9 Å². The number of carbonyl (C=O) groups excluding carboxylic acids is 1. The van der Waals surface area contributed by atoms with Gasteiger partial charge in [0, 0.05) is 51.1 Å². The molecule has 0 unspecified atom stereocenters. The summed E-state index contributed by atoms with van der Waals surface area (Å²) in [7, 11) is 0. The summed E-state index contributed by atoms with van der Waals surface area (Å²) in [6, 6.07) is 2.13. The summed E-state index contributed by atoms with van der Waals surface area (Å²) in [6.45, 7) is 7.40. The van der Waals surface area contributed by atoms with Crippen LogP contribution in [-0.4, -0.2) is 63.4 Å². The molecule has 5 rings (SSSR count). The number of nitrogens with one attached hydrogen (secondary N) is 1. The standard InChI is InChI=1S/C19H22F3N7S.C4H10N2O/c1-2-5-12-10-13-15(23-18(24-16(13)30-12)27-6-3-4-7-27)28-8-9-29-14(11-28)25-26-17(29)19(20,21)22;1-4(7)6-3-2-5/h10H,2-9,11H2,1H3;2-3,5H2,1H3,(H,6,7). The molecule has 37 heavy (non-hydrogen) atoms. The molecule has 2 aliphatic rings. The molecular weight excluding hydrogens is 507 g/mol. The van der Waals surface area contributed by atoms with Gasteiger partial charge in [-0.2, -0.15) is 18.2 Å². The van der Waals surface area contributed by atoms with E-state index >= 15 is 0 Å². The van der Waals surface area contributed by atoms with Crippen molar-refractivity contribution < 1.29 is 18.0 Å². The summed E-state index contributed by atoms with van der Waals surface area (Å²) in [4.78, 5) is 26.1. The Hall–Kier alpha value is -3.00. The van der Waals surface area contributed by atoms with Crippen molar-refractivity contribution >= 4 is 39.2 Å². The maximum Gasteiger partial charge on any atom is 0.451 e. The summed E-state index contributed by atoms with van der Waals surface area (Å²) in [5.41, 5.74) is 5.06. The Kier molecular flexibility index (Phi) is 8.47. The number of anilines is 2. The van der Waals surface area contributed by atoms with Crippen molar-refractivity contribution in [2.45, 2.75) is 58.8 Å². The molecule has 10 nitrogen and oxygen atoms in total. The van der Waals surface area contributed by atoms with Crippen LogP contribution in [0, 0.1) is 0 Å². The molecule has 0 bridgehead atoms. The second-order valence-electron chi connectivity index (χ2n) is 9.01. The molecule has 0 aromatic carbocycles. The molecule has 2 aliphatic heterocycles. The molecule has 5 heterocycles. The minimum Gasteiger partial charge on any atom is -0.355 e. The van der Waals surface area contributed by atoms with E-state index in [0.29, 0.717) is 31.4 Å². The number of amides is 1. The van der Waals surface area contributed by atoms with E-state index in [0.717, 1.165) is 54.8 Å². The topological polar surface area (TPSA) is 118 Å². The third-order valence-electron chi connectivity index (χ3n) is 6.12. The Morgan fingerprint density at radius 1 is 1.14 bits per heavy atom. The molecule has 3 aromatic heterocycles. The first-order valence-electron chi connectivity index (χ1n) is 12.4. The van der Waals surface area contributed by atoms with Crippen LogP contribution in [0.25, 0.3) is 10.2 Å². The number of hydrogen-bond acceptors (Lipinski definition) is 9. The lowest BCUT2D eigenvalue weighted by Crippen LogP contribution is -2.36. The van der Waals surface area contributed by atoms with Crippen LogP contribution in [0.4, 0.5) is 24.9 Å². The van der Waals surface area contributed by atoms with Gasteiger partial charge in [-0.25, -0.2) is 4.98 Å². The van der Waals surface area contributed by atoms with Crippen molar-refractivity contribution in [1.82, 2.24) is 30.0 Å². The quantitative estimate of drug-likeness (QED) is 0.491. The lowest BCUT2D eigenvalue weighted by atomic mass is 10.2. The summed E-state index contributed by atoms with van der Waals surface area (Å²) in [5.74, 6) is 0.854. The van der Waals surface area contributed by atoms with E-state index in [-0.39, 0.29) is 19.0 Å². The SMILES string of the molecule is CC(=O)NCCN.CCCc1cc2c(N3CCn4c(nnc4C(F)(F)F)C3)nc(N3CCCC3)nc2s1. The zero-order valence-electron chi connectivity index (χ0n) is 21.0. The number of alkyl halides is 3. The predicted molar refractivity (Wildman–Crippen MR) is 137 cm³/mol. The van der Waals surface area contributed by atoms with Crippen molar-refractivity contribution in [2.75, 3.05) is 42.5 Å². The number of hydrogen-bond donors (Lipinski definition) is 2. The van der Waals surface area contributed by atoms with E-state index in [9.17, 15) is 18.0 Å². The van der Waals surface area contributed by atoms with E-state index in [1.54, 1.807) is 11.3 Å². The van der Waals surface area contributed by atoms with Gasteiger partial charge in [-0.3, -0.25) is 4.79 Å². The van der Waals surface area contributed by atoms with E-state index in [1.165, 1.54) is 16.4 Å². The number of fused-ring (bicyclic) bond motifs is 2. The molecule has 0 atom stereocenters. The number of carbonyl (C=O) groups is 1. The molecule has 3 N–H and O–H groups in total. The molecule has 0 aliphatic carbocycles. The Morgan fingerprint density at radius 3 is 2.51 bits per heavy atom. The van der Waals surface area contributed by atoms with E-state index in [1.807, 2.05) is 4.90 Å². The summed E-state index contributed by atoms with van der Waals surface area (Å²) in [6.07, 6.45) is -0.240. The first kappa shape index (κ1) is 27.0. The van der Waals surface area contributed by atoms with E-state index in [2.05, 4.69) is 33.4 Å². The lowest BCUT2D eigenvalue weighted by molar-refractivity contribution is -0.147. The van der Waals surface area contributed by atoms with Crippen molar-refractivity contribution in [3.63, 3.8) is 0 Å². The first-order chi connectivity index (χ1) is 17.7. The fourth-order valence-corrected chi connectivity index (χ4v) is 5.53. The number of rotatable bonds is 6. The zero-order valence-corrected chi connectivity index (χ0v) is 21.8. The molecule has 1 saturated heterocycles. The Bertz CT molecular complexity index is 1220. The summed E-state index contributed by atoms with van der Waals surface area (Å²) in [5, 5.41) is 10.7. The highest BCUT2D eigenvalue weighted by atomic mass is 32.1. The van der Waals surface area contributed by atoms with Crippen LogP contribution < -0.4 is 20.9 Å². The van der Waals surface area contributed by atoms with Gasteiger partial charge >= 0.3 is 6.18 Å². The van der Waals surface area contributed by atoms with Crippen LogP contribution in [0.3, 0.4) is 0 Å². The van der Waals surface area contributed by atoms with Crippen LogP contribution >= 0.6 is 11.3 Å². The van der Waals surface area contributed by atoms with Gasteiger partial charge < -0.3 is 25.4 Å². The molecular formula is C23H32F3N9OS. The maximum absolute atomic E-state index is 13.2. The summed E-state index contributed by atoms with van der Waals surface area (Å²) >= 11 is 1.68. The van der Waals surface area contributed by atoms with Crippen molar-refractivity contribution in [3.8, 4) is 0 Å². The highest BCUT2D eigenvalue weighted by Crippen LogP contribution is 2.36. The smallest absolute Gasteiger partial charge is 0.355 e. The highest BCUT2D eigenvalue weighted by molar-refractivity contribution is 7.18. The number of aromatic nitrogens is 5. The average molecular weight is 540 g/mol. The van der Waals surface area contributed by atoms with Crippen LogP contribution in [0.15, 0.2) is 6.07 Å². The minimum atomic E-state index is -4.50. The van der Waals surface area contributed by atoms with Crippen LogP contribution in [-0.2, 0) is 30.5 Å². The predicted octanol–water partition coefficient (Wildman–Crippen LogP) is 2.96. The number of aryl methyl sites for hydroxylation is 1. The molecule has 14 heteroatoms. The number of nitrogens with two attached hydrogens (primary N) is 1. The molecule has 1 fully saturated rings. The minimum absolute atomic E-state index is 0.0227. The van der Waals surface area contributed by atoms with Gasteiger partial charge in [0.1, 0.15) is 10.6 Å². The molecule has 202 valence electrons. The highest BCUT2D eigenvalue weighted by Gasteiger charge is 2.39. The van der Waals surface area contributed by atoms with Gasteiger partial charge in [0.15, 0.2) is 5.82 Å². The van der Waals surface area contributed by atoms with Crippen molar-refractivity contribution in [1.29, 1.82) is 0 Å². The average Bonchev–Trinajstić information content (AvgIpc) is 3.61. The molecule has 0 radical (unpaired) electrons. The number of thiophene rings is 1. The molecule has 0 saturated carbocycles. The van der Waals surface area contributed by atoms with E-state index < -0.39 is 12.0 Å². The summed E-state index contributed by atoms with van der Waals surface area (Å²) < 4.78 is 40.7. The Morgan fingerprint density at radius 2 is 1.89 bits per heavy atom. The largest absolute Gasteiger partial charge is 0.451 e. The first-order valence-corrected chi connectivity index (χ1v) is 13.3. The zero-order chi connectivity index (χ0) is 26.6. The second kappa shape index (κ2) is 11.6. The second-order valence-corrected chi connectivity index (χ2v) is 10.1. The molecule has 1 amide bonds. The number of halogens is 3. The third-order valence-corrected chi connectivity index (χ3v) is 7.21. The van der Waals surface area contributed by atoms with Gasteiger partial charge in [0.25, 0.3) is 0 Å². The van der Waals surface area contributed by atoms with Gasteiger partial charge in [-0.1, -0.05) is 13.3 Å².